The van der Waals surface area contributed by atoms with Gasteiger partial charge in [-0.3, -0.25) is 15.1 Å². The van der Waals surface area contributed by atoms with E-state index < -0.39 is 17.3 Å². The number of ether oxygens (including phenoxy) is 1. The molecule has 0 saturated carbocycles. The number of aromatic amines is 2. The van der Waals surface area contributed by atoms with Crippen molar-refractivity contribution in [2.75, 3.05) is 5.32 Å². The van der Waals surface area contributed by atoms with Gasteiger partial charge in [0.2, 0.25) is 0 Å². The molecule has 0 aliphatic carbocycles. The number of para-hydroxylation sites is 1. The van der Waals surface area contributed by atoms with Gasteiger partial charge in [0.25, 0.3) is 5.56 Å². The van der Waals surface area contributed by atoms with E-state index in [1.807, 2.05) is 12.1 Å². The predicted molar refractivity (Wildman–Crippen MR) is 88.9 cm³/mol. The van der Waals surface area contributed by atoms with Crippen molar-refractivity contribution in [1.82, 2.24) is 9.97 Å². The molecule has 0 bridgehead atoms. The molecule has 1 amide bonds. The summed E-state index contributed by atoms with van der Waals surface area (Å²) in [6, 6.07) is 8.55. The van der Waals surface area contributed by atoms with Crippen LogP contribution in [0.15, 0.2) is 44.8 Å². The van der Waals surface area contributed by atoms with E-state index in [9.17, 15) is 14.4 Å². The maximum absolute atomic E-state index is 11.7. The van der Waals surface area contributed by atoms with Crippen molar-refractivity contribution < 1.29 is 9.53 Å². The highest BCUT2D eigenvalue weighted by atomic mass is 32.2. The Labute approximate surface area is 136 Å². The minimum Gasteiger partial charge on any atom is -0.447 e. The van der Waals surface area contributed by atoms with E-state index in [1.165, 1.54) is 17.8 Å². The lowest BCUT2D eigenvalue weighted by Crippen LogP contribution is -2.22. The van der Waals surface area contributed by atoms with Gasteiger partial charge in [0, 0.05) is 22.4 Å². The molecule has 0 spiro atoms. The summed E-state index contributed by atoms with van der Waals surface area (Å²) in [4.78, 5) is 39.7. The number of benzene rings is 1. The molecule has 0 fully saturated rings. The molecule has 2 aromatic rings. The SMILES string of the molecule is CC(C)OC(=O)Nc1ccccc1SCc1cc(=O)[nH]c(=O)[nH]1. The second-order valence-electron chi connectivity index (χ2n) is 4.98. The molecule has 122 valence electrons. The Morgan fingerprint density at radius 3 is 2.70 bits per heavy atom. The third kappa shape index (κ3) is 5.33. The summed E-state index contributed by atoms with van der Waals surface area (Å²) in [6.07, 6.45) is -0.742. The van der Waals surface area contributed by atoms with Crippen LogP contribution in [0.2, 0.25) is 0 Å². The van der Waals surface area contributed by atoms with Crippen LogP contribution in [0.4, 0.5) is 10.5 Å². The molecule has 0 atom stereocenters. The lowest BCUT2D eigenvalue weighted by molar-refractivity contribution is 0.130. The van der Waals surface area contributed by atoms with Gasteiger partial charge >= 0.3 is 11.8 Å². The summed E-state index contributed by atoms with van der Waals surface area (Å²) in [7, 11) is 0. The van der Waals surface area contributed by atoms with Crippen molar-refractivity contribution in [2.45, 2.75) is 30.6 Å². The number of amides is 1. The van der Waals surface area contributed by atoms with Gasteiger partial charge in [-0.1, -0.05) is 12.1 Å². The number of hydrogen-bond acceptors (Lipinski definition) is 5. The van der Waals surface area contributed by atoms with Crippen molar-refractivity contribution in [2.24, 2.45) is 0 Å². The lowest BCUT2D eigenvalue weighted by Gasteiger charge is -2.12. The second-order valence-corrected chi connectivity index (χ2v) is 5.99. The molecule has 0 unspecified atom stereocenters. The van der Waals surface area contributed by atoms with Gasteiger partial charge in [0.05, 0.1) is 11.8 Å². The fourth-order valence-corrected chi connectivity index (χ4v) is 2.72. The molecular formula is C15H17N3O4S. The van der Waals surface area contributed by atoms with Crippen LogP contribution < -0.4 is 16.6 Å². The third-order valence-electron chi connectivity index (χ3n) is 2.67. The van der Waals surface area contributed by atoms with Crippen molar-refractivity contribution in [3.05, 3.63) is 56.9 Å². The van der Waals surface area contributed by atoms with Crippen LogP contribution in [-0.4, -0.2) is 22.2 Å². The molecule has 8 heteroatoms. The third-order valence-corrected chi connectivity index (χ3v) is 3.79. The number of carbonyl (C=O) groups is 1. The van der Waals surface area contributed by atoms with Gasteiger partial charge in [0.1, 0.15) is 0 Å². The number of thioether (sulfide) groups is 1. The van der Waals surface area contributed by atoms with Crippen LogP contribution in [0.5, 0.6) is 0 Å². The molecule has 1 aromatic heterocycles. The summed E-state index contributed by atoms with van der Waals surface area (Å²) in [5, 5.41) is 2.68. The Morgan fingerprint density at radius 2 is 2.00 bits per heavy atom. The van der Waals surface area contributed by atoms with Crippen LogP contribution in [0, 0.1) is 0 Å². The molecule has 0 aliphatic heterocycles. The predicted octanol–water partition coefficient (Wildman–Crippen LogP) is 2.31. The minimum atomic E-state index is -0.542. The molecular weight excluding hydrogens is 318 g/mol. The molecule has 0 radical (unpaired) electrons. The van der Waals surface area contributed by atoms with Crippen LogP contribution in [0.25, 0.3) is 0 Å². The summed E-state index contributed by atoms with van der Waals surface area (Å²) in [5.41, 5.74) is 0.120. The minimum absolute atomic E-state index is 0.212. The van der Waals surface area contributed by atoms with E-state index >= 15 is 0 Å². The molecule has 0 aliphatic rings. The van der Waals surface area contributed by atoms with E-state index in [0.29, 0.717) is 17.1 Å². The quantitative estimate of drug-likeness (QED) is 0.727. The molecule has 1 aromatic carbocycles. The normalized spacial score (nSPS) is 10.6. The highest BCUT2D eigenvalue weighted by Gasteiger charge is 2.09. The number of carbonyl (C=O) groups excluding carboxylic acids is 1. The second kappa shape index (κ2) is 7.68. The zero-order valence-electron chi connectivity index (χ0n) is 12.7. The van der Waals surface area contributed by atoms with E-state index in [4.69, 9.17) is 4.74 Å². The number of anilines is 1. The Kier molecular flexibility index (Phi) is 5.64. The maximum Gasteiger partial charge on any atom is 0.411 e. The lowest BCUT2D eigenvalue weighted by atomic mass is 10.3. The molecule has 0 saturated heterocycles. The maximum atomic E-state index is 11.7. The number of H-pyrrole nitrogens is 2. The Bertz CT molecular complexity index is 769. The summed E-state index contributed by atoms with van der Waals surface area (Å²) in [6.45, 7) is 3.53. The topological polar surface area (TPSA) is 104 Å². The zero-order valence-corrected chi connectivity index (χ0v) is 13.5. The van der Waals surface area contributed by atoms with Crippen molar-refractivity contribution >= 4 is 23.5 Å². The first kappa shape index (κ1) is 16.9. The Balaban J connectivity index is 2.09. The van der Waals surface area contributed by atoms with Gasteiger partial charge in [0.15, 0.2) is 0 Å². The van der Waals surface area contributed by atoms with Crippen LogP contribution in [0.1, 0.15) is 19.5 Å². The Hall–Kier alpha value is -2.48. The Morgan fingerprint density at radius 1 is 1.26 bits per heavy atom. The molecule has 1 heterocycles. The van der Waals surface area contributed by atoms with Gasteiger partial charge in [-0.15, -0.1) is 11.8 Å². The summed E-state index contributed by atoms with van der Waals surface area (Å²) in [5.74, 6) is 0.386. The molecule has 7 nitrogen and oxygen atoms in total. The van der Waals surface area contributed by atoms with Gasteiger partial charge in [-0.05, 0) is 26.0 Å². The standard InChI is InChI=1S/C15H17N3O4S/c1-9(2)22-15(21)17-11-5-3-4-6-12(11)23-8-10-7-13(19)18-14(20)16-10/h3-7,9H,8H2,1-2H3,(H,17,21)(H2,16,18,19,20). The summed E-state index contributed by atoms with van der Waals surface area (Å²) >= 11 is 1.39. The fourth-order valence-electron chi connectivity index (χ4n) is 1.80. The van der Waals surface area contributed by atoms with Crippen molar-refractivity contribution in [1.29, 1.82) is 0 Å². The monoisotopic (exact) mass is 335 g/mol. The highest BCUT2D eigenvalue weighted by molar-refractivity contribution is 7.98. The van der Waals surface area contributed by atoms with Crippen LogP contribution >= 0.6 is 11.8 Å². The summed E-state index contributed by atoms with van der Waals surface area (Å²) < 4.78 is 5.05. The molecule has 2 rings (SSSR count). The molecule has 3 N–H and O–H groups in total. The number of hydrogen-bond donors (Lipinski definition) is 3. The number of rotatable bonds is 5. The number of nitrogens with one attached hydrogen (secondary N) is 3. The van der Waals surface area contributed by atoms with Crippen LogP contribution in [-0.2, 0) is 10.5 Å². The van der Waals surface area contributed by atoms with Gasteiger partial charge < -0.3 is 9.72 Å². The van der Waals surface area contributed by atoms with E-state index in [1.54, 1.807) is 26.0 Å². The smallest absolute Gasteiger partial charge is 0.411 e. The average molecular weight is 335 g/mol. The first-order chi connectivity index (χ1) is 10.9. The average Bonchev–Trinajstić information content (AvgIpc) is 2.44. The van der Waals surface area contributed by atoms with E-state index in [-0.39, 0.29) is 6.10 Å². The van der Waals surface area contributed by atoms with E-state index in [0.717, 1.165) is 4.90 Å². The number of aromatic nitrogens is 2. The molecule has 23 heavy (non-hydrogen) atoms. The largest absolute Gasteiger partial charge is 0.447 e. The van der Waals surface area contributed by atoms with Crippen molar-refractivity contribution in [3.63, 3.8) is 0 Å². The fraction of sp³-hybridized carbons (Fsp3) is 0.267. The highest BCUT2D eigenvalue weighted by Crippen LogP contribution is 2.29. The van der Waals surface area contributed by atoms with E-state index in [2.05, 4.69) is 15.3 Å². The van der Waals surface area contributed by atoms with Gasteiger partial charge in [-0.2, -0.15) is 0 Å². The zero-order chi connectivity index (χ0) is 16.8. The van der Waals surface area contributed by atoms with Gasteiger partial charge in [-0.25, -0.2) is 9.59 Å². The van der Waals surface area contributed by atoms with Crippen LogP contribution in [0.3, 0.4) is 0 Å². The first-order valence-corrected chi connectivity index (χ1v) is 7.94. The van der Waals surface area contributed by atoms with Crippen molar-refractivity contribution in [3.8, 4) is 0 Å². The first-order valence-electron chi connectivity index (χ1n) is 6.96.